The number of anilines is 1. The van der Waals surface area contributed by atoms with Gasteiger partial charge in [0.1, 0.15) is 5.69 Å². The summed E-state index contributed by atoms with van der Waals surface area (Å²) in [7, 11) is 0. The molecule has 0 aliphatic carbocycles. The zero-order chi connectivity index (χ0) is 13.1. The number of hydrogen-bond acceptors (Lipinski definition) is 4. The van der Waals surface area contributed by atoms with E-state index in [-0.39, 0.29) is 17.3 Å². The van der Waals surface area contributed by atoms with Crippen LogP contribution < -0.4 is 10.6 Å². The molecule has 0 spiro atoms. The first-order chi connectivity index (χ1) is 8.56. The van der Waals surface area contributed by atoms with Crippen molar-refractivity contribution in [3.63, 3.8) is 0 Å². The fourth-order valence-corrected chi connectivity index (χ4v) is 2.07. The van der Waals surface area contributed by atoms with Gasteiger partial charge in [-0.15, -0.1) is 0 Å². The molecule has 2 N–H and O–H groups in total. The predicted octanol–water partition coefficient (Wildman–Crippen LogP) is 1.91. The first kappa shape index (κ1) is 13.0. The highest BCUT2D eigenvalue weighted by atomic mass is 79.9. The summed E-state index contributed by atoms with van der Waals surface area (Å²) in [6.07, 6.45) is 0.389. The maximum absolute atomic E-state index is 11.7. The average molecular weight is 314 g/mol. The van der Waals surface area contributed by atoms with Gasteiger partial charge in [0.05, 0.1) is 4.92 Å². The van der Waals surface area contributed by atoms with Crippen molar-refractivity contribution in [3.05, 3.63) is 32.8 Å². The third kappa shape index (κ3) is 3.05. The second-order valence-corrected chi connectivity index (χ2v) is 5.11. The maximum atomic E-state index is 11.7. The Morgan fingerprint density at radius 1 is 1.56 bits per heavy atom. The second kappa shape index (κ2) is 5.45. The number of nitro benzene ring substituents is 1. The van der Waals surface area contributed by atoms with Gasteiger partial charge in [-0.1, -0.05) is 15.9 Å². The van der Waals surface area contributed by atoms with Crippen molar-refractivity contribution in [2.75, 3.05) is 18.4 Å². The Balaban J connectivity index is 2.07. The SMILES string of the molecule is O=C(CC1CNC1)Nc1ccc(Br)cc1[N+](=O)[O-]. The van der Waals surface area contributed by atoms with Crippen molar-refractivity contribution in [1.82, 2.24) is 5.32 Å². The van der Waals surface area contributed by atoms with Crippen LogP contribution in [-0.2, 0) is 4.79 Å². The number of halogens is 1. The first-order valence-electron chi connectivity index (χ1n) is 5.51. The average Bonchev–Trinajstić information content (AvgIpc) is 2.26. The molecule has 0 bridgehead atoms. The van der Waals surface area contributed by atoms with Crippen LogP contribution in [0.3, 0.4) is 0 Å². The molecular formula is C11H12BrN3O3. The van der Waals surface area contributed by atoms with E-state index in [4.69, 9.17) is 0 Å². The van der Waals surface area contributed by atoms with Gasteiger partial charge in [0, 0.05) is 17.0 Å². The van der Waals surface area contributed by atoms with Gasteiger partial charge in [-0.05, 0) is 31.1 Å². The number of nitro groups is 1. The fourth-order valence-electron chi connectivity index (χ4n) is 1.72. The Bertz CT molecular complexity index is 488. The molecule has 2 rings (SSSR count). The van der Waals surface area contributed by atoms with Crippen LogP contribution in [0.15, 0.2) is 22.7 Å². The number of rotatable bonds is 4. The highest BCUT2D eigenvalue weighted by Gasteiger charge is 2.22. The molecule has 1 aromatic rings. The van der Waals surface area contributed by atoms with Crippen LogP contribution in [-0.4, -0.2) is 23.9 Å². The molecule has 0 atom stereocenters. The lowest BCUT2D eigenvalue weighted by molar-refractivity contribution is -0.384. The van der Waals surface area contributed by atoms with Gasteiger partial charge in [-0.3, -0.25) is 14.9 Å². The minimum atomic E-state index is -0.509. The normalized spacial score (nSPS) is 14.9. The van der Waals surface area contributed by atoms with E-state index >= 15 is 0 Å². The molecule has 1 heterocycles. The number of benzene rings is 1. The summed E-state index contributed by atoms with van der Waals surface area (Å²) in [4.78, 5) is 22.1. The molecule has 18 heavy (non-hydrogen) atoms. The third-order valence-corrected chi connectivity index (χ3v) is 3.26. The van der Waals surface area contributed by atoms with Crippen molar-refractivity contribution in [2.24, 2.45) is 5.92 Å². The van der Waals surface area contributed by atoms with Crippen molar-refractivity contribution < 1.29 is 9.72 Å². The summed E-state index contributed by atoms with van der Waals surface area (Å²) in [6.45, 7) is 1.66. The fraction of sp³-hybridized carbons (Fsp3) is 0.364. The van der Waals surface area contributed by atoms with E-state index in [1.165, 1.54) is 12.1 Å². The smallest absolute Gasteiger partial charge is 0.293 e. The van der Waals surface area contributed by atoms with Crippen LogP contribution >= 0.6 is 15.9 Å². The number of nitrogens with one attached hydrogen (secondary N) is 2. The lowest BCUT2D eigenvalue weighted by Crippen LogP contribution is -2.43. The molecule has 1 aliphatic rings. The Morgan fingerprint density at radius 2 is 2.28 bits per heavy atom. The molecule has 96 valence electrons. The standard InChI is InChI=1S/C11H12BrN3O3/c12-8-1-2-9(10(4-8)15(17)18)14-11(16)3-7-5-13-6-7/h1-2,4,7,13H,3,5-6H2,(H,14,16). The minimum Gasteiger partial charge on any atom is -0.320 e. The molecule has 7 heteroatoms. The summed E-state index contributed by atoms with van der Waals surface area (Å²) < 4.78 is 0.607. The van der Waals surface area contributed by atoms with Crippen molar-refractivity contribution in [1.29, 1.82) is 0 Å². The Morgan fingerprint density at radius 3 is 2.83 bits per heavy atom. The van der Waals surface area contributed by atoms with Gasteiger partial charge in [0.25, 0.3) is 5.69 Å². The zero-order valence-corrected chi connectivity index (χ0v) is 11.1. The Labute approximate surface area is 112 Å². The minimum absolute atomic E-state index is 0.107. The van der Waals surface area contributed by atoms with E-state index in [1.54, 1.807) is 6.07 Å². The maximum Gasteiger partial charge on any atom is 0.293 e. The topological polar surface area (TPSA) is 84.3 Å². The van der Waals surface area contributed by atoms with Gasteiger partial charge >= 0.3 is 0 Å². The van der Waals surface area contributed by atoms with Crippen molar-refractivity contribution in [3.8, 4) is 0 Å². The summed E-state index contributed by atoms with van der Waals surface area (Å²) in [6, 6.07) is 4.56. The molecule has 1 aromatic carbocycles. The largest absolute Gasteiger partial charge is 0.320 e. The number of hydrogen-bond donors (Lipinski definition) is 2. The zero-order valence-electron chi connectivity index (χ0n) is 9.48. The summed E-state index contributed by atoms with van der Waals surface area (Å²) in [5.41, 5.74) is 0.130. The number of nitrogens with zero attached hydrogens (tertiary/aromatic N) is 1. The lowest BCUT2D eigenvalue weighted by atomic mass is 9.99. The molecule has 0 unspecified atom stereocenters. The van der Waals surface area contributed by atoms with Gasteiger partial charge in [-0.2, -0.15) is 0 Å². The number of amides is 1. The van der Waals surface area contributed by atoms with E-state index in [0.29, 0.717) is 16.8 Å². The Hall–Kier alpha value is -1.47. The van der Waals surface area contributed by atoms with Crippen LogP contribution in [0.1, 0.15) is 6.42 Å². The Kier molecular flexibility index (Phi) is 3.93. The summed E-state index contributed by atoms with van der Waals surface area (Å²) in [5, 5.41) is 16.5. The lowest BCUT2D eigenvalue weighted by Gasteiger charge is -2.26. The van der Waals surface area contributed by atoms with E-state index in [2.05, 4.69) is 26.6 Å². The molecule has 1 aliphatic heterocycles. The molecule has 1 saturated heterocycles. The summed E-state index contributed by atoms with van der Waals surface area (Å²) >= 11 is 3.17. The molecule has 1 amide bonds. The van der Waals surface area contributed by atoms with Gasteiger partial charge < -0.3 is 10.6 Å². The molecule has 0 saturated carbocycles. The highest BCUT2D eigenvalue weighted by Crippen LogP contribution is 2.28. The molecule has 1 fully saturated rings. The van der Waals surface area contributed by atoms with E-state index in [1.807, 2.05) is 0 Å². The number of carbonyl (C=O) groups is 1. The summed E-state index contributed by atoms with van der Waals surface area (Å²) in [5.74, 6) is 0.145. The quantitative estimate of drug-likeness (QED) is 0.657. The van der Waals surface area contributed by atoms with Crippen molar-refractivity contribution in [2.45, 2.75) is 6.42 Å². The van der Waals surface area contributed by atoms with Gasteiger partial charge in [0.15, 0.2) is 0 Å². The van der Waals surface area contributed by atoms with Crippen LogP contribution in [0.2, 0.25) is 0 Å². The van der Waals surface area contributed by atoms with Crippen molar-refractivity contribution >= 4 is 33.2 Å². The third-order valence-electron chi connectivity index (χ3n) is 2.77. The van der Waals surface area contributed by atoms with Gasteiger partial charge in [0.2, 0.25) is 5.91 Å². The van der Waals surface area contributed by atoms with E-state index < -0.39 is 4.92 Å². The second-order valence-electron chi connectivity index (χ2n) is 4.20. The molecular weight excluding hydrogens is 302 g/mol. The van der Waals surface area contributed by atoms with Crippen LogP contribution in [0, 0.1) is 16.0 Å². The molecule has 0 aromatic heterocycles. The van der Waals surface area contributed by atoms with E-state index in [9.17, 15) is 14.9 Å². The molecule has 0 radical (unpaired) electrons. The highest BCUT2D eigenvalue weighted by molar-refractivity contribution is 9.10. The van der Waals surface area contributed by atoms with E-state index in [0.717, 1.165) is 13.1 Å². The van der Waals surface area contributed by atoms with Crippen LogP contribution in [0.5, 0.6) is 0 Å². The predicted molar refractivity (Wildman–Crippen MR) is 70.4 cm³/mol. The molecule has 6 nitrogen and oxygen atoms in total. The van der Waals surface area contributed by atoms with Crippen LogP contribution in [0.4, 0.5) is 11.4 Å². The van der Waals surface area contributed by atoms with Crippen LogP contribution in [0.25, 0.3) is 0 Å². The number of carbonyl (C=O) groups excluding carboxylic acids is 1. The first-order valence-corrected chi connectivity index (χ1v) is 6.30. The monoisotopic (exact) mass is 313 g/mol. The van der Waals surface area contributed by atoms with Gasteiger partial charge in [-0.25, -0.2) is 0 Å².